The highest BCUT2D eigenvalue weighted by Crippen LogP contribution is 2.38. The predicted octanol–water partition coefficient (Wildman–Crippen LogP) is 1.52. The summed E-state index contributed by atoms with van der Waals surface area (Å²) in [5, 5.41) is 19.8. The largest absolute Gasteiger partial charge is 0.441 e. The quantitative estimate of drug-likeness (QED) is 0.315. The highest BCUT2D eigenvalue weighted by Gasteiger charge is 2.55. The number of halogens is 1. The van der Waals surface area contributed by atoms with Crippen LogP contribution in [0.4, 0.5) is 4.79 Å². The summed E-state index contributed by atoms with van der Waals surface area (Å²) >= 11 is 3.19. The van der Waals surface area contributed by atoms with E-state index in [4.69, 9.17) is 28.8 Å². The Morgan fingerprint density at radius 3 is 2.40 bits per heavy atom. The fraction of sp³-hybridized carbons (Fsp3) is 0.783. The van der Waals surface area contributed by atoms with E-state index < -0.39 is 47.4 Å². The summed E-state index contributed by atoms with van der Waals surface area (Å²) in [7, 11) is 1.23. The summed E-state index contributed by atoms with van der Waals surface area (Å²) < 4.78 is 27.1. The van der Waals surface area contributed by atoms with Crippen molar-refractivity contribution in [2.75, 3.05) is 40.1 Å². The summed E-state index contributed by atoms with van der Waals surface area (Å²) in [6.07, 6.45) is -2.19. The van der Waals surface area contributed by atoms with Crippen molar-refractivity contribution >= 4 is 33.7 Å². The molecule has 12 heteroatoms. The third-order valence-electron chi connectivity index (χ3n) is 5.84. The molecule has 4 atom stereocenters. The fourth-order valence-corrected chi connectivity index (χ4v) is 4.93. The third-order valence-corrected chi connectivity index (χ3v) is 6.68. The van der Waals surface area contributed by atoms with Crippen molar-refractivity contribution in [1.29, 1.82) is 0 Å². The molecule has 2 N–H and O–H groups in total. The number of nitrogens with zero attached hydrogens (tertiary/aromatic N) is 1. The van der Waals surface area contributed by atoms with Gasteiger partial charge in [-0.1, -0.05) is 13.8 Å². The van der Waals surface area contributed by atoms with Gasteiger partial charge in [0, 0.05) is 20.1 Å². The number of cyclic esters (lactones) is 1. The van der Waals surface area contributed by atoms with E-state index in [0.29, 0.717) is 19.6 Å². The smallest absolute Gasteiger partial charge is 0.417 e. The Labute approximate surface area is 213 Å². The lowest BCUT2D eigenvalue weighted by atomic mass is 9.88. The number of carbonyl (C=O) groups excluding carboxylic acids is 3. The molecule has 0 saturated carbocycles. The van der Waals surface area contributed by atoms with E-state index in [-0.39, 0.29) is 36.6 Å². The first kappa shape index (κ1) is 29.8. The van der Waals surface area contributed by atoms with E-state index in [1.807, 2.05) is 13.8 Å². The summed E-state index contributed by atoms with van der Waals surface area (Å²) in [5.41, 5.74) is -0.927. The van der Waals surface area contributed by atoms with Gasteiger partial charge in [0.2, 0.25) is 0 Å². The summed E-state index contributed by atoms with van der Waals surface area (Å²) in [5.74, 6) is -3.39. The zero-order valence-electron chi connectivity index (χ0n) is 20.8. The molecule has 0 aromatic heterocycles. The van der Waals surface area contributed by atoms with Crippen LogP contribution < -0.4 is 0 Å². The van der Waals surface area contributed by atoms with Gasteiger partial charge in [0.05, 0.1) is 37.0 Å². The minimum atomic E-state index is -1.89. The first-order valence-electron chi connectivity index (χ1n) is 11.6. The number of ketones is 1. The molecule has 1 fully saturated rings. The maximum Gasteiger partial charge on any atom is 0.417 e. The topological polar surface area (TPSA) is 141 Å². The zero-order chi connectivity index (χ0) is 26.4. The second kappa shape index (κ2) is 12.7. The van der Waals surface area contributed by atoms with E-state index >= 15 is 0 Å². The van der Waals surface area contributed by atoms with E-state index in [2.05, 4.69) is 15.9 Å². The van der Waals surface area contributed by atoms with Crippen LogP contribution in [0.2, 0.25) is 0 Å². The fourth-order valence-electron chi connectivity index (χ4n) is 4.41. The number of hydrogen-bond acceptors (Lipinski definition) is 10. The average molecular weight is 566 g/mol. The molecule has 0 spiro atoms. The molecule has 11 nitrogen and oxygen atoms in total. The molecule has 200 valence electrons. The Morgan fingerprint density at radius 2 is 1.83 bits per heavy atom. The van der Waals surface area contributed by atoms with Crippen molar-refractivity contribution in [2.24, 2.45) is 5.92 Å². The van der Waals surface area contributed by atoms with Gasteiger partial charge in [-0.2, -0.15) is 0 Å². The molecule has 2 amide bonds. The molecule has 0 bridgehead atoms. The standard InChI is InChI=1S/C23H36BrNO10/c1-14(2)19-22(3,4)35-21(29)25(19)20(28)18(31-5)17-15(27)13-16(24)23(30,34-17)7-6-9-32-11-12-33-10-8-26/h13-14,17-19,26,30H,6-12H2,1-5H3/t17-,18+,19+,23-/m1/s1. The van der Waals surface area contributed by atoms with E-state index in [0.717, 1.165) is 11.0 Å². The first-order valence-corrected chi connectivity index (χ1v) is 12.4. The molecule has 35 heavy (non-hydrogen) atoms. The SMILES string of the molecule is CO[C@H](C(=O)N1C(=O)OC(C)(C)[C@@H]1C(C)C)[C@@H]1O[C@](O)(CCCOCCOCCO)C(Br)=CC1=O. The van der Waals surface area contributed by atoms with Crippen LogP contribution >= 0.6 is 15.9 Å². The van der Waals surface area contributed by atoms with Crippen molar-refractivity contribution in [3.05, 3.63) is 10.6 Å². The van der Waals surface area contributed by atoms with Crippen LogP contribution in [0.15, 0.2) is 10.6 Å². The lowest BCUT2D eigenvalue weighted by Gasteiger charge is -2.38. The minimum absolute atomic E-state index is 0.0589. The highest BCUT2D eigenvalue weighted by molar-refractivity contribution is 9.11. The number of imide groups is 1. The predicted molar refractivity (Wildman–Crippen MR) is 127 cm³/mol. The van der Waals surface area contributed by atoms with Crippen molar-refractivity contribution in [3.63, 3.8) is 0 Å². The van der Waals surface area contributed by atoms with Gasteiger partial charge < -0.3 is 33.9 Å². The summed E-state index contributed by atoms with van der Waals surface area (Å²) in [4.78, 5) is 39.8. The Kier molecular flexibility index (Phi) is 10.8. The second-order valence-electron chi connectivity index (χ2n) is 9.29. The second-order valence-corrected chi connectivity index (χ2v) is 10.1. The Morgan fingerprint density at radius 1 is 1.20 bits per heavy atom. The lowest BCUT2D eigenvalue weighted by Crippen LogP contribution is -2.58. The first-order chi connectivity index (χ1) is 16.4. The van der Waals surface area contributed by atoms with Gasteiger partial charge in [0.25, 0.3) is 5.91 Å². The molecule has 0 aliphatic carbocycles. The van der Waals surface area contributed by atoms with Crippen molar-refractivity contribution in [3.8, 4) is 0 Å². The van der Waals surface area contributed by atoms with Crippen LogP contribution in [0.1, 0.15) is 40.5 Å². The molecular weight excluding hydrogens is 530 g/mol. The van der Waals surface area contributed by atoms with Gasteiger partial charge in [-0.05, 0) is 48.2 Å². The molecule has 2 rings (SSSR count). The van der Waals surface area contributed by atoms with Crippen LogP contribution in [0.3, 0.4) is 0 Å². The average Bonchev–Trinajstić information content (AvgIpc) is 3.02. The molecule has 1 saturated heterocycles. The van der Waals surface area contributed by atoms with Gasteiger partial charge in [0.1, 0.15) is 5.60 Å². The Balaban J connectivity index is 2.10. The highest BCUT2D eigenvalue weighted by atomic mass is 79.9. The molecule has 0 aromatic carbocycles. The van der Waals surface area contributed by atoms with Crippen LogP contribution in [0, 0.1) is 5.92 Å². The van der Waals surface area contributed by atoms with Crippen molar-refractivity contribution in [1.82, 2.24) is 4.90 Å². The molecule has 0 aromatic rings. The molecule has 0 radical (unpaired) electrons. The molecule has 2 aliphatic rings. The van der Waals surface area contributed by atoms with Gasteiger partial charge in [-0.15, -0.1) is 0 Å². The summed E-state index contributed by atoms with van der Waals surface area (Å²) in [6, 6.07) is -0.585. The van der Waals surface area contributed by atoms with Crippen LogP contribution in [0.5, 0.6) is 0 Å². The number of hydrogen-bond donors (Lipinski definition) is 2. The van der Waals surface area contributed by atoms with Crippen LogP contribution in [-0.4, -0.2) is 103 Å². The van der Waals surface area contributed by atoms with Gasteiger partial charge in [0.15, 0.2) is 23.8 Å². The summed E-state index contributed by atoms with van der Waals surface area (Å²) in [6.45, 7) is 8.24. The number of aliphatic hydroxyl groups excluding tert-OH is 1. The molecule has 2 aliphatic heterocycles. The lowest BCUT2D eigenvalue weighted by molar-refractivity contribution is -0.227. The Bertz CT molecular complexity index is 801. The number of methoxy groups -OCH3 is 1. The van der Waals surface area contributed by atoms with E-state index in [1.54, 1.807) is 13.8 Å². The normalized spacial score (nSPS) is 27.2. The molecule has 0 unspecified atom stereocenters. The van der Waals surface area contributed by atoms with Crippen molar-refractivity contribution < 1.29 is 48.3 Å². The van der Waals surface area contributed by atoms with Crippen molar-refractivity contribution in [2.45, 2.75) is 70.2 Å². The third kappa shape index (κ3) is 7.09. The number of ether oxygens (including phenoxy) is 5. The van der Waals surface area contributed by atoms with Gasteiger partial charge in [-0.3, -0.25) is 9.59 Å². The van der Waals surface area contributed by atoms with Gasteiger partial charge >= 0.3 is 6.09 Å². The Hall–Kier alpha value is -1.41. The molecular formula is C23H36BrNO10. The maximum absolute atomic E-state index is 13.4. The zero-order valence-corrected chi connectivity index (χ0v) is 22.4. The molecule has 2 heterocycles. The van der Waals surface area contributed by atoms with E-state index in [9.17, 15) is 19.5 Å². The van der Waals surface area contributed by atoms with Gasteiger partial charge in [-0.25, -0.2) is 9.69 Å². The number of carbonyl (C=O) groups is 3. The number of aliphatic hydroxyl groups is 2. The number of amides is 2. The minimum Gasteiger partial charge on any atom is -0.441 e. The van der Waals surface area contributed by atoms with Crippen LogP contribution in [-0.2, 0) is 33.3 Å². The monoisotopic (exact) mass is 565 g/mol. The van der Waals surface area contributed by atoms with E-state index in [1.165, 1.54) is 7.11 Å². The maximum atomic E-state index is 13.4. The van der Waals surface area contributed by atoms with Crippen LogP contribution in [0.25, 0.3) is 0 Å². The number of rotatable bonds is 13.